The lowest BCUT2D eigenvalue weighted by Gasteiger charge is -2.05. The molecule has 0 amide bonds. The molecule has 0 saturated heterocycles. The average molecular weight is 164 g/mol. The van der Waals surface area contributed by atoms with Gasteiger partial charge in [-0.25, -0.2) is 0 Å². The Morgan fingerprint density at radius 3 is 2.20 bits per heavy atom. The monoisotopic (exact) mass is 164 g/mol. The first-order valence-electron chi connectivity index (χ1n) is 3.23. The number of carboxylic acid groups (broad SMARTS) is 1. The molecule has 3 nitrogen and oxygen atoms in total. The van der Waals surface area contributed by atoms with E-state index in [9.17, 15) is 9.00 Å². The summed E-state index contributed by atoms with van der Waals surface area (Å²) in [4.78, 5) is 10.3. The molecule has 0 heterocycles. The Balaban J connectivity index is 4.06. The molecule has 0 fully saturated rings. The van der Waals surface area contributed by atoms with E-state index in [1.54, 1.807) is 13.8 Å². The van der Waals surface area contributed by atoms with Gasteiger partial charge in [0.1, 0.15) is 5.25 Å². The van der Waals surface area contributed by atoms with Gasteiger partial charge in [0.15, 0.2) is 0 Å². The van der Waals surface area contributed by atoms with Crippen LogP contribution in [0.25, 0.3) is 0 Å². The molecule has 4 heteroatoms. The quantitative estimate of drug-likeness (QED) is 0.662. The van der Waals surface area contributed by atoms with Gasteiger partial charge >= 0.3 is 5.97 Å². The number of carboxylic acids is 1. The summed E-state index contributed by atoms with van der Waals surface area (Å²) in [5.41, 5.74) is 0. The number of aliphatic carboxylic acids is 1. The maximum absolute atomic E-state index is 10.9. The first kappa shape index (κ1) is 9.62. The molecule has 1 N–H and O–H groups in total. The normalized spacial score (nSPS) is 16.2. The predicted molar refractivity (Wildman–Crippen MR) is 40.4 cm³/mol. The van der Waals surface area contributed by atoms with Crippen LogP contribution >= 0.6 is 0 Å². The second-order valence-electron chi connectivity index (χ2n) is 1.90. The molecule has 0 spiro atoms. The van der Waals surface area contributed by atoms with Crippen molar-refractivity contribution in [2.75, 3.05) is 5.75 Å². The maximum Gasteiger partial charge on any atom is 0.319 e. The van der Waals surface area contributed by atoms with Gasteiger partial charge in [0.2, 0.25) is 0 Å². The summed E-state index contributed by atoms with van der Waals surface area (Å²) in [7, 11) is -1.19. The van der Waals surface area contributed by atoms with Crippen molar-refractivity contribution in [3.8, 4) is 0 Å². The molecule has 0 saturated carbocycles. The molecule has 0 bridgehead atoms. The summed E-state index contributed by atoms with van der Waals surface area (Å²) in [5.74, 6) is -0.534. The molecule has 0 rings (SSSR count). The molecule has 0 aromatic carbocycles. The predicted octanol–water partition coefficient (Wildman–Crippen LogP) is 0.618. The molecular formula is C6H12O3S. The summed E-state index contributed by atoms with van der Waals surface area (Å²) in [6.07, 6.45) is 0.440. The maximum atomic E-state index is 10.9. The molecule has 0 radical (unpaired) electrons. The standard InChI is InChI=1S/C6H12O3S/c1-3-5(6(7)8)10(9)4-2/h5H,3-4H2,1-2H3,(H,7,8). The molecule has 2 atom stereocenters. The molecule has 0 aromatic rings. The second kappa shape index (κ2) is 4.44. The Hall–Kier alpha value is -0.380. The van der Waals surface area contributed by atoms with Crippen LogP contribution in [0.3, 0.4) is 0 Å². The molecular weight excluding hydrogens is 152 g/mol. The Morgan fingerprint density at radius 1 is 1.60 bits per heavy atom. The van der Waals surface area contributed by atoms with Gasteiger partial charge in [-0.2, -0.15) is 0 Å². The van der Waals surface area contributed by atoms with Crippen LogP contribution in [0.4, 0.5) is 0 Å². The van der Waals surface area contributed by atoms with E-state index in [2.05, 4.69) is 0 Å². The SMILES string of the molecule is CCC(C(=O)O)S(=O)CC. The van der Waals surface area contributed by atoms with E-state index >= 15 is 0 Å². The van der Waals surface area contributed by atoms with Gasteiger partial charge in [0, 0.05) is 16.6 Å². The lowest BCUT2D eigenvalue weighted by atomic mass is 10.3. The first-order valence-corrected chi connectivity index (χ1v) is 4.61. The molecule has 0 aliphatic rings. The van der Waals surface area contributed by atoms with Crippen LogP contribution in [-0.2, 0) is 15.6 Å². The van der Waals surface area contributed by atoms with E-state index in [-0.39, 0.29) is 0 Å². The zero-order valence-electron chi connectivity index (χ0n) is 6.16. The highest BCUT2D eigenvalue weighted by molar-refractivity contribution is 7.86. The van der Waals surface area contributed by atoms with Gasteiger partial charge < -0.3 is 5.11 Å². The van der Waals surface area contributed by atoms with Gasteiger partial charge in [0.25, 0.3) is 0 Å². The van der Waals surface area contributed by atoms with Crippen molar-refractivity contribution in [3.05, 3.63) is 0 Å². The van der Waals surface area contributed by atoms with Crippen LogP contribution < -0.4 is 0 Å². The van der Waals surface area contributed by atoms with Crippen molar-refractivity contribution in [1.29, 1.82) is 0 Å². The van der Waals surface area contributed by atoms with Crippen molar-refractivity contribution in [2.24, 2.45) is 0 Å². The molecule has 60 valence electrons. The fraction of sp³-hybridized carbons (Fsp3) is 0.833. The molecule has 2 unspecified atom stereocenters. The lowest BCUT2D eigenvalue weighted by molar-refractivity contribution is -0.136. The fourth-order valence-corrected chi connectivity index (χ4v) is 1.67. The highest BCUT2D eigenvalue weighted by Gasteiger charge is 2.20. The zero-order valence-corrected chi connectivity index (χ0v) is 6.98. The topological polar surface area (TPSA) is 54.4 Å². The molecule has 0 aliphatic heterocycles. The summed E-state index contributed by atoms with van der Waals surface area (Å²) < 4.78 is 10.9. The minimum absolute atomic E-state index is 0.421. The van der Waals surface area contributed by atoms with Crippen molar-refractivity contribution in [2.45, 2.75) is 25.5 Å². The lowest BCUT2D eigenvalue weighted by Crippen LogP contribution is -2.25. The van der Waals surface area contributed by atoms with Gasteiger partial charge in [-0.15, -0.1) is 0 Å². The van der Waals surface area contributed by atoms with Crippen LogP contribution in [0.1, 0.15) is 20.3 Å². The van der Waals surface area contributed by atoms with Gasteiger partial charge in [0.05, 0.1) is 0 Å². The summed E-state index contributed by atoms with van der Waals surface area (Å²) in [6, 6.07) is 0. The summed E-state index contributed by atoms with van der Waals surface area (Å²) in [6.45, 7) is 3.45. The Labute approximate surface area is 62.9 Å². The van der Waals surface area contributed by atoms with E-state index in [0.717, 1.165) is 0 Å². The first-order chi connectivity index (χ1) is 4.63. The van der Waals surface area contributed by atoms with Crippen LogP contribution in [0, 0.1) is 0 Å². The van der Waals surface area contributed by atoms with Gasteiger partial charge in [-0.3, -0.25) is 9.00 Å². The van der Waals surface area contributed by atoms with E-state index in [1.165, 1.54) is 0 Å². The highest BCUT2D eigenvalue weighted by Crippen LogP contribution is 2.01. The summed E-state index contributed by atoms with van der Waals surface area (Å²) in [5, 5.41) is 7.81. The van der Waals surface area contributed by atoms with Gasteiger partial charge in [-0.05, 0) is 6.42 Å². The van der Waals surface area contributed by atoms with Crippen LogP contribution in [0.15, 0.2) is 0 Å². The number of hydrogen-bond donors (Lipinski definition) is 1. The largest absolute Gasteiger partial charge is 0.480 e. The summed E-state index contributed by atoms with van der Waals surface area (Å²) >= 11 is 0. The van der Waals surface area contributed by atoms with Crippen LogP contribution in [0.2, 0.25) is 0 Å². The molecule has 0 aromatic heterocycles. The third kappa shape index (κ3) is 2.47. The smallest absolute Gasteiger partial charge is 0.319 e. The zero-order chi connectivity index (χ0) is 8.15. The van der Waals surface area contributed by atoms with Crippen molar-refractivity contribution in [3.63, 3.8) is 0 Å². The van der Waals surface area contributed by atoms with Crippen LogP contribution in [-0.4, -0.2) is 26.3 Å². The van der Waals surface area contributed by atoms with Crippen molar-refractivity contribution < 1.29 is 14.1 Å². The third-order valence-electron chi connectivity index (χ3n) is 1.25. The van der Waals surface area contributed by atoms with E-state index in [1.807, 2.05) is 0 Å². The minimum Gasteiger partial charge on any atom is -0.480 e. The fourth-order valence-electron chi connectivity index (χ4n) is 0.674. The highest BCUT2D eigenvalue weighted by atomic mass is 32.2. The van der Waals surface area contributed by atoms with E-state index < -0.39 is 22.0 Å². The minimum atomic E-state index is -1.19. The Kier molecular flexibility index (Phi) is 4.27. The van der Waals surface area contributed by atoms with E-state index in [4.69, 9.17) is 5.11 Å². The molecule has 0 aliphatic carbocycles. The Morgan fingerprint density at radius 2 is 2.10 bits per heavy atom. The number of hydrogen-bond acceptors (Lipinski definition) is 2. The van der Waals surface area contributed by atoms with Crippen LogP contribution in [0.5, 0.6) is 0 Å². The number of rotatable bonds is 4. The molecule has 10 heavy (non-hydrogen) atoms. The average Bonchev–Trinajstić information content (AvgIpc) is 1.88. The van der Waals surface area contributed by atoms with Crippen molar-refractivity contribution >= 4 is 16.8 Å². The Bertz CT molecular complexity index is 144. The van der Waals surface area contributed by atoms with Gasteiger partial charge in [-0.1, -0.05) is 13.8 Å². The second-order valence-corrected chi connectivity index (χ2v) is 3.81. The number of carbonyl (C=O) groups is 1. The van der Waals surface area contributed by atoms with E-state index in [0.29, 0.717) is 12.2 Å². The van der Waals surface area contributed by atoms with Crippen molar-refractivity contribution in [1.82, 2.24) is 0 Å². The third-order valence-corrected chi connectivity index (χ3v) is 2.99.